The summed E-state index contributed by atoms with van der Waals surface area (Å²) < 4.78 is 1.13. The lowest BCUT2D eigenvalue weighted by Gasteiger charge is -2.26. The quantitative estimate of drug-likeness (QED) is 0.771. The minimum atomic E-state index is 0.253. The second-order valence-corrected chi connectivity index (χ2v) is 6.00. The van der Waals surface area contributed by atoms with Crippen molar-refractivity contribution in [3.8, 4) is 0 Å². The van der Waals surface area contributed by atoms with Gasteiger partial charge in [0.05, 0.1) is 0 Å². The van der Waals surface area contributed by atoms with Crippen LogP contribution in [0.3, 0.4) is 0 Å². The summed E-state index contributed by atoms with van der Waals surface area (Å²) in [6.07, 6.45) is 3.44. The van der Waals surface area contributed by atoms with E-state index in [1.54, 1.807) is 0 Å². The summed E-state index contributed by atoms with van der Waals surface area (Å²) in [4.78, 5) is 2.34. The Hall–Kier alpha value is -0.580. The van der Waals surface area contributed by atoms with Crippen LogP contribution in [0, 0.1) is 0 Å². The number of halogens is 1. The van der Waals surface area contributed by atoms with E-state index in [0.717, 1.165) is 36.6 Å². The van der Waals surface area contributed by atoms with E-state index in [9.17, 15) is 0 Å². The van der Waals surface area contributed by atoms with Gasteiger partial charge in [0.15, 0.2) is 0 Å². The Labute approximate surface area is 124 Å². The largest absolute Gasteiger partial charge is 0.396 e. The van der Waals surface area contributed by atoms with E-state index in [-0.39, 0.29) is 6.61 Å². The number of nitrogens with one attached hydrogen (secondary N) is 1. The Bertz CT molecular complexity index is 407. The molecule has 0 radical (unpaired) electrons. The molecular formula is C15H23BrN2O. The highest BCUT2D eigenvalue weighted by molar-refractivity contribution is 9.10. The van der Waals surface area contributed by atoms with E-state index in [4.69, 9.17) is 5.11 Å². The number of hydrogen-bond donors (Lipinski definition) is 2. The van der Waals surface area contributed by atoms with Gasteiger partial charge in [0.25, 0.3) is 0 Å². The van der Waals surface area contributed by atoms with Gasteiger partial charge in [0.2, 0.25) is 0 Å². The second-order valence-electron chi connectivity index (χ2n) is 5.09. The van der Waals surface area contributed by atoms with Gasteiger partial charge in [-0.25, -0.2) is 0 Å². The highest BCUT2D eigenvalue weighted by Crippen LogP contribution is 2.26. The number of rotatable bonds is 8. The molecule has 3 nitrogen and oxygen atoms in total. The summed E-state index contributed by atoms with van der Waals surface area (Å²) in [5.74, 6) is 0. The van der Waals surface area contributed by atoms with Gasteiger partial charge in [0.1, 0.15) is 0 Å². The molecule has 1 aliphatic carbocycles. The van der Waals surface area contributed by atoms with Crippen molar-refractivity contribution in [3.05, 3.63) is 28.2 Å². The van der Waals surface area contributed by atoms with Crippen molar-refractivity contribution in [3.63, 3.8) is 0 Å². The third-order valence-corrected chi connectivity index (χ3v) is 4.00. The van der Waals surface area contributed by atoms with E-state index in [1.807, 2.05) is 0 Å². The first-order chi connectivity index (χ1) is 9.24. The highest BCUT2D eigenvalue weighted by Gasteiger charge is 2.21. The van der Waals surface area contributed by atoms with Gasteiger partial charge < -0.3 is 15.3 Å². The normalized spacial score (nSPS) is 14.7. The molecule has 1 aromatic carbocycles. The molecule has 19 heavy (non-hydrogen) atoms. The van der Waals surface area contributed by atoms with Crippen LogP contribution in [0.2, 0.25) is 0 Å². The summed E-state index contributed by atoms with van der Waals surface area (Å²) in [7, 11) is 0. The maximum Gasteiger partial charge on any atom is 0.0447 e. The third-order valence-electron chi connectivity index (χ3n) is 3.51. The predicted octanol–water partition coefficient (Wildman–Crippen LogP) is 2.91. The molecule has 0 aliphatic heterocycles. The van der Waals surface area contributed by atoms with E-state index in [0.29, 0.717) is 0 Å². The standard InChI is InChI=1S/C15H23BrN2O/c1-2-18(8-3-9-19)15-7-4-13(16)10-12(15)11-17-14-5-6-14/h4,7,10,14,17,19H,2-3,5-6,8-9,11H2,1H3. The Balaban J connectivity index is 2.10. The minimum absolute atomic E-state index is 0.253. The molecular weight excluding hydrogens is 304 g/mol. The van der Waals surface area contributed by atoms with Crippen LogP contribution in [0.15, 0.2) is 22.7 Å². The Morgan fingerprint density at radius 2 is 2.21 bits per heavy atom. The van der Waals surface area contributed by atoms with Crippen LogP contribution in [0.1, 0.15) is 31.7 Å². The van der Waals surface area contributed by atoms with Crippen molar-refractivity contribution in [1.82, 2.24) is 5.32 Å². The van der Waals surface area contributed by atoms with Crippen molar-refractivity contribution in [2.75, 3.05) is 24.6 Å². The van der Waals surface area contributed by atoms with Crippen LogP contribution in [0.5, 0.6) is 0 Å². The van der Waals surface area contributed by atoms with Gasteiger partial charge in [-0.1, -0.05) is 15.9 Å². The molecule has 0 bridgehead atoms. The SMILES string of the molecule is CCN(CCCO)c1ccc(Br)cc1CNC1CC1. The number of aliphatic hydroxyl groups is 1. The molecule has 1 saturated carbocycles. The summed E-state index contributed by atoms with van der Waals surface area (Å²) in [5, 5.41) is 12.6. The van der Waals surface area contributed by atoms with Gasteiger partial charge in [-0.2, -0.15) is 0 Å². The molecule has 2 rings (SSSR count). The number of aliphatic hydroxyl groups excluding tert-OH is 1. The van der Waals surface area contributed by atoms with Crippen molar-refractivity contribution in [2.45, 2.75) is 38.8 Å². The van der Waals surface area contributed by atoms with E-state index < -0.39 is 0 Å². The molecule has 0 saturated heterocycles. The molecule has 0 amide bonds. The van der Waals surface area contributed by atoms with Crippen LogP contribution in [-0.4, -0.2) is 30.8 Å². The van der Waals surface area contributed by atoms with Gasteiger partial charge in [-0.15, -0.1) is 0 Å². The lowest BCUT2D eigenvalue weighted by molar-refractivity contribution is 0.289. The van der Waals surface area contributed by atoms with Gasteiger partial charge in [0, 0.05) is 42.4 Å². The highest BCUT2D eigenvalue weighted by atomic mass is 79.9. The fourth-order valence-electron chi connectivity index (χ4n) is 2.26. The van der Waals surface area contributed by atoms with Crippen LogP contribution in [-0.2, 0) is 6.54 Å². The van der Waals surface area contributed by atoms with Gasteiger partial charge in [-0.05, 0) is 49.9 Å². The van der Waals surface area contributed by atoms with E-state index in [2.05, 4.69) is 51.3 Å². The third kappa shape index (κ3) is 4.48. The fraction of sp³-hybridized carbons (Fsp3) is 0.600. The topological polar surface area (TPSA) is 35.5 Å². The molecule has 1 aliphatic rings. The summed E-state index contributed by atoms with van der Waals surface area (Å²) in [6.45, 7) is 5.22. The van der Waals surface area contributed by atoms with Crippen LogP contribution >= 0.6 is 15.9 Å². The van der Waals surface area contributed by atoms with Crippen molar-refractivity contribution in [1.29, 1.82) is 0 Å². The Morgan fingerprint density at radius 1 is 1.42 bits per heavy atom. The molecule has 0 aromatic heterocycles. The van der Waals surface area contributed by atoms with Crippen molar-refractivity contribution < 1.29 is 5.11 Å². The Morgan fingerprint density at radius 3 is 2.84 bits per heavy atom. The lowest BCUT2D eigenvalue weighted by Crippen LogP contribution is -2.27. The van der Waals surface area contributed by atoms with E-state index >= 15 is 0 Å². The number of anilines is 1. The maximum atomic E-state index is 9.01. The van der Waals surface area contributed by atoms with Crippen molar-refractivity contribution in [2.24, 2.45) is 0 Å². The first-order valence-electron chi connectivity index (χ1n) is 7.12. The zero-order valence-electron chi connectivity index (χ0n) is 11.5. The zero-order valence-corrected chi connectivity index (χ0v) is 13.1. The Kier molecular flexibility index (Phi) is 5.67. The van der Waals surface area contributed by atoms with Gasteiger partial charge >= 0.3 is 0 Å². The number of benzene rings is 1. The average Bonchev–Trinajstić information content (AvgIpc) is 3.23. The predicted molar refractivity (Wildman–Crippen MR) is 83.6 cm³/mol. The lowest BCUT2D eigenvalue weighted by atomic mass is 10.1. The summed E-state index contributed by atoms with van der Waals surface area (Å²) in [6, 6.07) is 7.19. The first kappa shape index (κ1) is 14.8. The molecule has 1 aromatic rings. The number of hydrogen-bond acceptors (Lipinski definition) is 3. The monoisotopic (exact) mass is 326 g/mol. The maximum absolute atomic E-state index is 9.01. The first-order valence-corrected chi connectivity index (χ1v) is 7.91. The molecule has 0 heterocycles. The fourth-order valence-corrected chi connectivity index (χ4v) is 2.66. The zero-order chi connectivity index (χ0) is 13.7. The van der Waals surface area contributed by atoms with E-state index in [1.165, 1.54) is 24.1 Å². The molecule has 4 heteroatoms. The number of nitrogens with zero attached hydrogens (tertiary/aromatic N) is 1. The summed E-state index contributed by atoms with van der Waals surface area (Å²) >= 11 is 3.56. The average molecular weight is 327 g/mol. The van der Waals surface area contributed by atoms with Crippen LogP contribution < -0.4 is 10.2 Å². The molecule has 2 N–H and O–H groups in total. The van der Waals surface area contributed by atoms with Crippen molar-refractivity contribution >= 4 is 21.6 Å². The van der Waals surface area contributed by atoms with Crippen LogP contribution in [0.25, 0.3) is 0 Å². The smallest absolute Gasteiger partial charge is 0.0447 e. The minimum Gasteiger partial charge on any atom is -0.396 e. The molecule has 0 atom stereocenters. The van der Waals surface area contributed by atoms with Crippen LogP contribution in [0.4, 0.5) is 5.69 Å². The summed E-state index contributed by atoms with van der Waals surface area (Å²) in [5.41, 5.74) is 2.62. The second kappa shape index (κ2) is 7.27. The molecule has 106 valence electrons. The molecule has 0 unspecified atom stereocenters. The van der Waals surface area contributed by atoms with Gasteiger partial charge in [-0.3, -0.25) is 0 Å². The molecule has 1 fully saturated rings. The molecule has 0 spiro atoms.